The van der Waals surface area contributed by atoms with Gasteiger partial charge in [0.25, 0.3) is 10.0 Å². The molecule has 35 heavy (non-hydrogen) atoms. The summed E-state index contributed by atoms with van der Waals surface area (Å²) >= 11 is 7.19. The molecule has 1 aromatic heterocycles. The highest BCUT2D eigenvalue weighted by molar-refractivity contribution is 7.91. The third-order valence-electron chi connectivity index (χ3n) is 6.02. The molecule has 0 radical (unpaired) electrons. The Morgan fingerprint density at radius 3 is 2.51 bits per heavy atom. The molecule has 1 amide bonds. The van der Waals surface area contributed by atoms with E-state index in [-0.39, 0.29) is 23.2 Å². The molecule has 6 nitrogen and oxygen atoms in total. The molecule has 0 aliphatic carbocycles. The number of carbonyl (C=O) groups is 1. The van der Waals surface area contributed by atoms with Crippen molar-refractivity contribution in [3.63, 3.8) is 0 Å². The lowest BCUT2D eigenvalue weighted by Gasteiger charge is -2.33. The highest BCUT2D eigenvalue weighted by atomic mass is 35.5. The number of benzene rings is 3. The van der Waals surface area contributed by atoms with Gasteiger partial charge in [0.05, 0.1) is 18.2 Å². The van der Waals surface area contributed by atoms with Crippen LogP contribution in [0.3, 0.4) is 0 Å². The van der Waals surface area contributed by atoms with Crippen LogP contribution in [0, 0.1) is 11.3 Å². The van der Waals surface area contributed by atoms with Crippen LogP contribution in [0.4, 0.5) is 0 Å². The van der Waals surface area contributed by atoms with Crippen LogP contribution in [-0.2, 0) is 21.4 Å². The van der Waals surface area contributed by atoms with E-state index in [9.17, 15) is 18.5 Å². The van der Waals surface area contributed by atoms with Crippen molar-refractivity contribution in [3.05, 3.63) is 88.9 Å². The molecule has 1 fully saturated rings. The predicted octanol–water partition coefficient (Wildman–Crippen LogP) is 5.13. The summed E-state index contributed by atoms with van der Waals surface area (Å²) in [6.07, 6.45) is 0. The molecule has 5 rings (SSSR count). The molecule has 4 aromatic rings. The van der Waals surface area contributed by atoms with Crippen molar-refractivity contribution in [1.29, 1.82) is 5.26 Å². The zero-order valence-corrected chi connectivity index (χ0v) is 20.9. The van der Waals surface area contributed by atoms with Crippen LogP contribution in [0.25, 0.3) is 21.2 Å². The average molecular weight is 522 g/mol. The zero-order chi connectivity index (χ0) is 24.6. The summed E-state index contributed by atoms with van der Waals surface area (Å²) in [4.78, 5) is 14.5. The van der Waals surface area contributed by atoms with Gasteiger partial charge in [0.15, 0.2) is 0 Å². The van der Waals surface area contributed by atoms with Gasteiger partial charge in [-0.25, -0.2) is 8.42 Å². The quantitative estimate of drug-likeness (QED) is 0.365. The summed E-state index contributed by atoms with van der Waals surface area (Å²) in [5.74, 6) is -0.233. The monoisotopic (exact) mass is 521 g/mol. The van der Waals surface area contributed by atoms with Crippen molar-refractivity contribution in [2.24, 2.45) is 0 Å². The van der Waals surface area contributed by atoms with E-state index >= 15 is 0 Å². The van der Waals surface area contributed by atoms with E-state index < -0.39 is 10.0 Å². The third kappa shape index (κ3) is 4.68. The Bertz CT molecular complexity index is 1570. The van der Waals surface area contributed by atoms with Crippen molar-refractivity contribution in [1.82, 2.24) is 9.21 Å². The smallest absolute Gasteiger partial charge is 0.253 e. The van der Waals surface area contributed by atoms with Crippen molar-refractivity contribution in [3.8, 4) is 17.2 Å². The van der Waals surface area contributed by atoms with Crippen molar-refractivity contribution >= 4 is 49.0 Å². The number of nitrogens with zero attached hydrogens (tertiary/aromatic N) is 3. The molecule has 1 aliphatic heterocycles. The first-order valence-electron chi connectivity index (χ1n) is 10.9. The summed E-state index contributed by atoms with van der Waals surface area (Å²) < 4.78 is 28.6. The standard InChI is InChI=1S/C26H20ClN3O3S2/c27-22-10-9-20-13-26(34-24(20)14-22)35(32,33)30-12-11-29(25(31)17-30)16-18-5-7-19(8-6-18)23-4-2-1-3-21(23)15-28/h1-10,13-14H,11-12,16-17H2. The third-order valence-corrected chi connectivity index (χ3v) is 9.65. The van der Waals surface area contributed by atoms with E-state index in [1.54, 1.807) is 35.2 Å². The first kappa shape index (κ1) is 23.5. The Morgan fingerprint density at radius 1 is 1.00 bits per heavy atom. The topological polar surface area (TPSA) is 81.5 Å². The lowest BCUT2D eigenvalue weighted by molar-refractivity contribution is -0.134. The first-order valence-corrected chi connectivity index (χ1v) is 13.5. The summed E-state index contributed by atoms with van der Waals surface area (Å²) in [6.45, 7) is 0.754. The van der Waals surface area contributed by atoms with Gasteiger partial charge < -0.3 is 4.90 Å². The molecule has 0 unspecified atom stereocenters. The fourth-order valence-corrected chi connectivity index (χ4v) is 7.35. The number of nitriles is 1. The van der Waals surface area contributed by atoms with Crippen LogP contribution < -0.4 is 0 Å². The SMILES string of the molecule is N#Cc1ccccc1-c1ccc(CN2CCN(S(=O)(=O)c3cc4ccc(Cl)cc4s3)CC2=O)cc1. The molecule has 1 saturated heterocycles. The highest BCUT2D eigenvalue weighted by Gasteiger charge is 2.33. The predicted molar refractivity (Wildman–Crippen MR) is 138 cm³/mol. The fraction of sp³-hybridized carbons (Fsp3) is 0.154. The zero-order valence-electron chi connectivity index (χ0n) is 18.5. The molecular weight excluding hydrogens is 502 g/mol. The Morgan fingerprint density at radius 2 is 1.77 bits per heavy atom. The van der Waals surface area contributed by atoms with Gasteiger partial charge in [-0.15, -0.1) is 11.3 Å². The van der Waals surface area contributed by atoms with Gasteiger partial charge in [-0.3, -0.25) is 4.79 Å². The maximum absolute atomic E-state index is 13.2. The summed E-state index contributed by atoms with van der Waals surface area (Å²) in [6, 6.07) is 24.2. The lowest BCUT2D eigenvalue weighted by atomic mass is 9.99. The number of hydrogen-bond donors (Lipinski definition) is 0. The number of amides is 1. The number of halogens is 1. The van der Waals surface area contributed by atoms with Crippen LogP contribution in [-0.4, -0.2) is 43.2 Å². The van der Waals surface area contributed by atoms with E-state index in [2.05, 4.69) is 6.07 Å². The van der Waals surface area contributed by atoms with Crippen molar-refractivity contribution < 1.29 is 13.2 Å². The molecule has 0 bridgehead atoms. The van der Waals surface area contributed by atoms with E-state index in [4.69, 9.17) is 11.6 Å². The number of carbonyl (C=O) groups excluding carboxylic acids is 1. The van der Waals surface area contributed by atoms with E-state index in [1.807, 2.05) is 42.5 Å². The Hall–Kier alpha value is -3.22. The Balaban J connectivity index is 1.27. The number of rotatable bonds is 5. The molecule has 0 N–H and O–H groups in total. The Kier molecular flexibility index (Phi) is 6.34. The van der Waals surface area contributed by atoms with Crippen LogP contribution in [0.15, 0.2) is 77.0 Å². The second-order valence-electron chi connectivity index (χ2n) is 8.26. The summed E-state index contributed by atoms with van der Waals surface area (Å²) in [5.41, 5.74) is 3.33. The van der Waals surface area contributed by atoms with Gasteiger partial charge in [0.2, 0.25) is 5.91 Å². The maximum atomic E-state index is 13.2. The van der Waals surface area contributed by atoms with E-state index in [0.29, 0.717) is 23.7 Å². The van der Waals surface area contributed by atoms with Crippen LogP contribution >= 0.6 is 22.9 Å². The highest BCUT2D eigenvalue weighted by Crippen LogP contribution is 2.33. The minimum absolute atomic E-state index is 0.190. The van der Waals surface area contributed by atoms with Gasteiger partial charge in [-0.1, -0.05) is 60.1 Å². The second kappa shape index (κ2) is 9.44. The second-order valence-corrected chi connectivity index (χ2v) is 11.9. The lowest BCUT2D eigenvalue weighted by Crippen LogP contribution is -2.51. The minimum atomic E-state index is -3.77. The number of sulfonamides is 1. The van der Waals surface area contributed by atoms with Crippen molar-refractivity contribution in [2.75, 3.05) is 19.6 Å². The fourth-order valence-electron chi connectivity index (χ4n) is 4.14. The van der Waals surface area contributed by atoms with E-state index in [1.165, 1.54) is 4.31 Å². The largest absolute Gasteiger partial charge is 0.336 e. The number of piperazine rings is 1. The molecule has 1 aliphatic rings. The molecule has 0 saturated carbocycles. The first-order chi connectivity index (χ1) is 16.8. The van der Waals surface area contributed by atoms with Gasteiger partial charge in [-0.05, 0) is 46.3 Å². The normalized spacial score (nSPS) is 14.9. The van der Waals surface area contributed by atoms with Gasteiger partial charge >= 0.3 is 0 Å². The number of fused-ring (bicyclic) bond motifs is 1. The number of hydrogen-bond acceptors (Lipinski definition) is 5. The molecule has 3 aromatic carbocycles. The van der Waals surface area contributed by atoms with Crippen LogP contribution in [0.5, 0.6) is 0 Å². The molecule has 0 spiro atoms. The average Bonchev–Trinajstić information content (AvgIpc) is 3.30. The van der Waals surface area contributed by atoms with Crippen molar-refractivity contribution in [2.45, 2.75) is 10.8 Å². The Labute approximate surface area is 212 Å². The maximum Gasteiger partial charge on any atom is 0.253 e. The van der Waals surface area contributed by atoms with E-state index in [0.717, 1.165) is 38.1 Å². The molecule has 9 heteroatoms. The summed E-state index contributed by atoms with van der Waals surface area (Å²) in [7, 11) is -3.77. The molecule has 0 atom stereocenters. The van der Waals surface area contributed by atoms with Crippen LogP contribution in [0.1, 0.15) is 11.1 Å². The van der Waals surface area contributed by atoms with Gasteiger partial charge in [0.1, 0.15) is 4.21 Å². The molecular formula is C26H20ClN3O3S2. The van der Waals surface area contributed by atoms with Gasteiger partial charge in [-0.2, -0.15) is 9.57 Å². The minimum Gasteiger partial charge on any atom is -0.336 e. The number of thiophene rings is 1. The molecule has 2 heterocycles. The van der Waals surface area contributed by atoms with Gasteiger partial charge in [0, 0.05) is 29.4 Å². The summed E-state index contributed by atoms with van der Waals surface area (Å²) in [5, 5.41) is 10.7. The van der Waals surface area contributed by atoms with Crippen LogP contribution in [0.2, 0.25) is 5.02 Å². The molecule has 176 valence electrons.